The van der Waals surface area contributed by atoms with Crippen LogP contribution >= 0.6 is 0 Å². The smallest absolute Gasteiger partial charge is 0.122 e. The topological polar surface area (TPSA) is 9.23 Å². The van der Waals surface area contributed by atoms with Crippen LogP contribution in [0.25, 0.3) is 5.57 Å². The predicted molar refractivity (Wildman–Crippen MR) is 101 cm³/mol. The third kappa shape index (κ3) is 3.94. The molecule has 0 spiro atoms. The highest BCUT2D eigenvalue weighted by atomic mass is 16.5. The largest absolute Gasteiger partial charge is 0.496 e. The summed E-state index contributed by atoms with van der Waals surface area (Å²) in [7, 11) is 1.73. The van der Waals surface area contributed by atoms with E-state index in [0.717, 1.165) is 18.6 Å². The molecule has 0 fully saturated rings. The molecular formula is C23H22O. The molecule has 24 heavy (non-hydrogen) atoms. The first kappa shape index (κ1) is 16.1. The zero-order valence-electron chi connectivity index (χ0n) is 14.0. The van der Waals surface area contributed by atoms with Gasteiger partial charge in [0, 0.05) is 0 Å². The predicted octanol–water partition coefficient (Wildman–Crippen LogP) is 5.76. The van der Waals surface area contributed by atoms with Gasteiger partial charge in [-0.05, 0) is 41.2 Å². The van der Waals surface area contributed by atoms with Gasteiger partial charge in [-0.3, -0.25) is 0 Å². The number of ether oxygens (including phenoxy) is 1. The van der Waals surface area contributed by atoms with Crippen molar-refractivity contribution in [2.45, 2.75) is 12.8 Å². The van der Waals surface area contributed by atoms with Gasteiger partial charge in [-0.2, -0.15) is 0 Å². The number of allylic oxidation sites excluding steroid dienone is 1. The normalized spacial score (nSPS) is 10.2. The number of methoxy groups -OCH3 is 1. The minimum absolute atomic E-state index is 0.965. The molecule has 0 N–H and O–H groups in total. The summed E-state index contributed by atoms with van der Waals surface area (Å²) in [6.45, 7) is 0. The molecule has 0 unspecified atom stereocenters. The summed E-state index contributed by atoms with van der Waals surface area (Å²) in [6.07, 6.45) is 4.27. The highest BCUT2D eigenvalue weighted by molar-refractivity contribution is 5.79. The molecule has 0 aromatic heterocycles. The quantitative estimate of drug-likeness (QED) is 0.562. The van der Waals surface area contributed by atoms with Crippen molar-refractivity contribution in [2.24, 2.45) is 0 Å². The first-order valence-corrected chi connectivity index (χ1v) is 8.31. The molecule has 0 saturated carbocycles. The summed E-state index contributed by atoms with van der Waals surface area (Å²) < 4.78 is 5.45. The summed E-state index contributed by atoms with van der Waals surface area (Å²) in [6, 6.07) is 29.4. The first-order chi connectivity index (χ1) is 11.9. The number of para-hydroxylation sites is 1. The van der Waals surface area contributed by atoms with Crippen molar-refractivity contribution in [3.8, 4) is 5.75 Å². The fourth-order valence-corrected chi connectivity index (χ4v) is 2.92. The van der Waals surface area contributed by atoms with Gasteiger partial charge in [-0.1, -0.05) is 84.9 Å². The Bertz CT molecular complexity index is 747. The van der Waals surface area contributed by atoms with E-state index < -0.39 is 0 Å². The molecule has 0 heterocycles. The Morgan fingerprint density at radius 1 is 0.750 bits per heavy atom. The van der Waals surface area contributed by atoms with Crippen LogP contribution in [0.4, 0.5) is 0 Å². The molecular weight excluding hydrogens is 292 g/mol. The molecule has 3 aromatic carbocycles. The standard InChI is InChI=1S/C23H22O/c1-24-23-18-9-8-15-21(23)16-10-17-22(19-11-4-2-5-12-19)20-13-6-3-7-14-20/h2-9,11-15,17-18H,10,16H2,1H3. The Morgan fingerprint density at radius 2 is 1.29 bits per heavy atom. The van der Waals surface area contributed by atoms with Gasteiger partial charge in [0.25, 0.3) is 0 Å². The van der Waals surface area contributed by atoms with Crippen LogP contribution in [0, 0.1) is 0 Å². The van der Waals surface area contributed by atoms with Crippen molar-refractivity contribution in [3.05, 3.63) is 108 Å². The van der Waals surface area contributed by atoms with E-state index in [0.29, 0.717) is 0 Å². The van der Waals surface area contributed by atoms with E-state index in [1.807, 2.05) is 12.1 Å². The fraction of sp³-hybridized carbons (Fsp3) is 0.130. The molecule has 0 amide bonds. The SMILES string of the molecule is COc1ccccc1CCC=C(c1ccccc1)c1ccccc1. The van der Waals surface area contributed by atoms with Crippen LogP contribution in [-0.2, 0) is 6.42 Å². The van der Waals surface area contributed by atoms with Crippen LogP contribution in [-0.4, -0.2) is 7.11 Å². The maximum absolute atomic E-state index is 5.45. The van der Waals surface area contributed by atoms with Gasteiger partial charge in [0.15, 0.2) is 0 Å². The minimum atomic E-state index is 0.965. The van der Waals surface area contributed by atoms with E-state index in [9.17, 15) is 0 Å². The van der Waals surface area contributed by atoms with Gasteiger partial charge >= 0.3 is 0 Å². The van der Waals surface area contributed by atoms with Gasteiger partial charge in [-0.25, -0.2) is 0 Å². The number of hydrogen-bond donors (Lipinski definition) is 0. The minimum Gasteiger partial charge on any atom is -0.496 e. The van der Waals surface area contributed by atoms with Crippen LogP contribution in [0.5, 0.6) is 5.75 Å². The van der Waals surface area contributed by atoms with Crippen molar-refractivity contribution in [2.75, 3.05) is 7.11 Å². The summed E-state index contributed by atoms with van der Waals surface area (Å²) in [5.74, 6) is 0.965. The second-order valence-electron chi connectivity index (χ2n) is 5.70. The lowest BCUT2D eigenvalue weighted by atomic mass is 9.96. The molecule has 0 bridgehead atoms. The molecule has 0 aliphatic heterocycles. The molecule has 3 rings (SSSR count). The second-order valence-corrected chi connectivity index (χ2v) is 5.70. The summed E-state index contributed by atoms with van der Waals surface area (Å²) in [5.41, 5.74) is 5.04. The van der Waals surface area contributed by atoms with Crippen molar-refractivity contribution < 1.29 is 4.74 Å². The van der Waals surface area contributed by atoms with E-state index in [-0.39, 0.29) is 0 Å². The van der Waals surface area contributed by atoms with Gasteiger partial charge in [0.05, 0.1) is 7.11 Å². The average molecular weight is 314 g/mol. The lowest BCUT2D eigenvalue weighted by molar-refractivity contribution is 0.409. The Balaban J connectivity index is 1.85. The van der Waals surface area contributed by atoms with Crippen molar-refractivity contribution >= 4 is 5.57 Å². The van der Waals surface area contributed by atoms with E-state index in [1.54, 1.807) is 7.11 Å². The van der Waals surface area contributed by atoms with Gasteiger partial charge < -0.3 is 4.74 Å². The lowest BCUT2D eigenvalue weighted by Crippen LogP contribution is -1.92. The highest BCUT2D eigenvalue weighted by Gasteiger charge is 2.05. The van der Waals surface area contributed by atoms with Crippen LogP contribution in [0.15, 0.2) is 91.0 Å². The van der Waals surface area contributed by atoms with Crippen molar-refractivity contribution in [3.63, 3.8) is 0 Å². The Hall–Kier alpha value is -2.80. The first-order valence-electron chi connectivity index (χ1n) is 8.31. The monoisotopic (exact) mass is 314 g/mol. The number of hydrogen-bond acceptors (Lipinski definition) is 1. The zero-order valence-corrected chi connectivity index (χ0v) is 14.0. The molecule has 0 aliphatic rings. The molecule has 3 aromatic rings. The maximum atomic E-state index is 5.45. The molecule has 0 atom stereocenters. The summed E-state index contributed by atoms with van der Waals surface area (Å²) in [4.78, 5) is 0. The zero-order chi connectivity index (χ0) is 16.6. The Labute approximate surface area is 144 Å². The highest BCUT2D eigenvalue weighted by Crippen LogP contribution is 2.25. The molecule has 1 nitrogen and oxygen atoms in total. The van der Waals surface area contributed by atoms with Crippen LogP contribution < -0.4 is 4.74 Å². The van der Waals surface area contributed by atoms with Crippen molar-refractivity contribution in [1.82, 2.24) is 0 Å². The number of aryl methyl sites for hydroxylation is 1. The average Bonchev–Trinajstić information content (AvgIpc) is 2.67. The number of rotatable bonds is 6. The van der Waals surface area contributed by atoms with Gasteiger partial charge in [0.1, 0.15) is 5.75 Å². The van der Waals surface area contributed by atoms with E-state index >= 15 is 0 Å². The third-order valence-electron chi connectivity index (χ3n) is 4.12. The van der Waals surface area contributed by atoms with E-state index in [4.69, 9.17) is 4.74 Å². The molecule has 0 radical (unpaired) electrons. The molecule has 0 saturated heterocycles. The van der Waals surface area contributed by atoms with Crippen LogP contribution in [0.1, 0.15) is 23.1 Å². The van der Waals surface area contributed by atoms with Crippen molar-refractivity contribution in [1.29, 1.82) is 0 Å². The van der Waals surface area contributed by atoms with E-state index in [1.165, 1.54) is 22.3 Å². The molecule has 120 valence electrons. The Kier molecular flexibility index (Phi) is 5.47. The maximum Gasteiger partial charge on any atom is 0.122 e. The summed E-state index contributed by atoms with van der Waals surface area (Å²) >= 11 is 0. The van der Waals surface area contributed by atoms with Crippen LogP contribution in [0.3, 0.4) is 0 Å². The molecule has 0 aliphatic carbocycles. The lowest BCUT2D eigenvalue weighted by Gasteiger charge is -2.10. The van der Waals surface area contributed by atoms with Gasteiger partial charge in [-0.15, -0.1) is 0 Å². The number of benzene rings is 3. The van der Waals surface area contributed by atoms with E-state index in [2.05, 4.69) is 78.9 Å². The third-order valence-corrected chi connectivity index (χ3v) is 4.12. The Morgan fingerprint density at radius 3 is 1.88 bits per heavy atom. The molecule has 1 heteroatoms. The van der Waals surface area contributed by atoms with Crippen LogP contribution in [0.2, 0.25) is 0 Å². The second kappa shape index (κ2) is 8.16. The summed E-state index contributed by atoms with van der Waals surface area (Å²) in [5, 5.41) is 0. The fourth-order valence-electron chi connectivity index (χ4n) is 2.92. The van der Waals surface area contributed by atoms with Gasteiger partial charge in [0.2, 0.25) is 0 Å².